The number of carbonyl (C=O) groups excluding carboxylic acids is 1. The number of unbranched alkanes of at least 4 members (excludes halogenated alkanes) is 10. The van der Waals surface area contributed by atoms with E-state index in [2.05, 4.69) is 24.4 Å². The molecular weight excluding hydrogens is 362 g/mol. The van der Waals surface area contributed by atoms with Gasteiger partial charge >= 0.3 is 0 Å². The predicted octanol–water partition coefficient (Wildman–Crippen LogP) is 5.27. The molecule has 0 fully saturated rings. The van der Waals surface area contributed by atoms with Crippen LogP contribution in [0.25, 0.3) is 0 Å². The van der Waals surface area contributed by atoms with Gasteiger partial charge in [-0.2, -0.15) is 8.42 Å². The van der Waals surface area contributed by atoms with Gasteiger partial charge in [-0.25, -0.2) is 0 Å². The van der Waals surface area contributed by atoms with Crippen LogP contribution in [0, 0.1) is 5.92 Å². The summed E-state index contributed by atoms with van der Waals surface area (Å²) in [5, 5.41) is 2.55. The highest BCUT2D eigenvalue weighted by molar-refractivity contribution is 7.85. The molecule has 0 saturated heterocycles. The minimum atomic E-state index is -4.01. The van der Waals surface area contributed by atoms with Crippen LogP contribution < -0.4 is 5.32 Å². The molecule has 0 bridgehead atoms. The fraction of sp³-hybridized carbons (Fsp3) is 0.857. The van der Waals surface area contributed by atoms with Gasteiger partial charge in [0, 0.05) is 12.5 Å². The lowest BCUT2D eigenvalue weighted by molar-refractivity contribution is -0.124. The molecule has 27 heavy (non-hydrogen) atoms. The van der Waals surface area contributed by atoms with Gasteiger partial charge in [0.1, 0.15) is 0 Å². The quantitative estimate of drug-likeness (QED) is 0.185. The van der Waals surface area contributed by atoms with Crippen molar-refractivity contribution in [3.05, 3.63) is 12.2 Å². The van der Waals surface area contributed by atoms with Crippen LogP contribution in [0.15, 0.2) is 12.2 Å². The molecule has 0 heterocycles. The third kappa shape index (κ3) is 19.7. The van der Waals surface area contributed by atoms with Crippen LogP contribution in [0.5, 0.6) is 0 Å². The zero-order valence-corrected chi connectivity index (χ0v) is 18.2. The van der Waals surface area contributed by atoms with Gasteiger partial charge in [-0.15, -0.1) is 0 Å². The fourth-order valence-corrected chi connectivity index (χ4v) is 3.31. The maximum atomic E-state index is 11.8. The number of allylic oxidation sites excluding steroid dienone is 2. The van der Waals surface area contributed by atoms with Crippen molar-refractivity contribution in [2.75, 3.05) is 12.3 Å². The molecule has 1 atom stereocenters. The van der Waals surface area contributed by atoms with E-state index < -0.39 is 15.9 Å². The van der Waals surface area contributed by atoms with Crippen molar-refractivity contribution in [1.82, 2.24) is 5.32 Å². The normalized spacial score (nSPS) is 13.1. The van der Waals surface area contributed by atoms with Gasteiger partial charge in [-0.05, 0) is 32.1 Å². The summed E-state index contributed by atoms with van der Waals surface area (Å²) < 4.78 is 29.8. The van der Waals surface area contributed by atoms with Gasteiger partial charge in [0.2, 0.25) is 5.91 Å². The van der Waals surface area contributed by atoms with Crippen molar-refractivity contribution in [1.29, 1.82) is 0 Å². The summed E-state index contributed by atoms with van der Waals surface area (Å²) in [4.78, 5) is 11.8. The first-order chi connectivity index (χ1) is 12.9. The molecule has 0 saturated carbocycles. The maximum absolute atomic E-state index is 11.8. The first kappa shape index (κ1) is 26.1. The Kier molecular flexibility index (Phi) is 16.7. The van der Waals surface area contributed by atoms with E-state index in [0.29, 0.717) is 0 Å². The van der Waals surface area contributed by atoms with Crippen molar-refractivity contribution in [2.45, 2.75) is 97.3 Å². The van der Waals surface area contributed by atoms with E-state index in [4.69, 9.17) is 4.55 Å². The molecule has 1 amide bonds. The highest BCUT2D eigenvalue weighted by atomic mass is 32.2. The third-order valence-electron chi connectivity index (χ3n) is 4.76. The van der Waals surface area contributed by atoms with Gasteiger partial charge in [-0.3, -0.25) is 9.35 Å². The standard InChI is InChI=1S/C21H41NO4S/c1-3-4-5-6-7-8-9-10-11-12-13-14-15-16-17-20(2)21(23)22-18-19-27(24,25)26/h10-11,20H,3-9,12-19H2,1-2H3,(H,22,23)(H,24,25,26). The second-order valence-corrected chi connectivity index (χ2v) is 9.07. The number of nitrogens with one attached hydrogen (secondary N) is 1. The number of rotatable bonds is 18. The molecule has 5 nitrogen and oxygen atoms in total. The summed E-state index contributed by atoms with van der Waals surface area (Å²) in [7, 11) is -4.01. The molecule has 2 N–H and O–H groups in total. The number of amides is 1. The molecule has 0 aliphatic rings. The highest BCUT2D eigenvalue weighted by Crippen LogP contribution is 2.12. The molecule has 160 valence electrons. The molecule has 0 aromatic carbocycles. The summed E-state index contributed by atoms with van der Waals surface area (Å²) in [6.45, 7) is 4.07. The van der Waals surface area contributed by atoms with Crippen molar-refractivity contribution in [3.8, 4) is 0 Å². The molecule has 0 aromatic heterocycles. The predicted molar refractivity (Wildman–Crippen MR) is 113 cm³/mol. The molecule has 0 radical (unpaired) electrons. The summed E-state index contributed by atoms with van der Waals surface area (Å²) in [6, 6.07) is 0. The first-order valence-electron chi connectivity index (χ1n) is 10.7. The van der Waals surface area contributed by atoms with Crippen LogP contribution in [0.4, 0.5) is 0 Å². The van der Waals surface area contributed by atoms with Crippen LogP contribution in [0.2, 0.25) is 0 Å². The minimum absolute atomic E-state index is 0.0346. The number of hydrogen-bond acceptors (Lipinski definition) is 3. The van der Waals surface area contributed by atoms with Gasteiger partial charge in [0.25, 0.3) is 10.1 Å². The lowest BCUT2D eigenvalue weighted by Crippen LogP contribution is -2.33. The monoisotopic (exact) mass is 403 g/mol. The Balaban J connectivity index is 3.44. The van der Waals surface area contributed by atoms with Crippen LogP contribution >= 0.6 is 0 Å². The topological polar surface area (TPSA) is 83.5 Å². The molecule has 0 aliphatic carbocycles. The minimum Gasteiger partial charge on any atom is -0.355 e. The lowest BCUT2D eigenvalue weighted by Gasteiger charge is -2.11. The smallest absolute Gasteiger partial charge is 0.266 e. The lowest BCUT2D eigenvalue weighted by atomic mass is 10.0. The van der Waals surface area contributed by atoms with Crippen LogP contribution in [-0.4, -0.2) is 31.2 Å². The van der Waals surface area contributed by atoms with E-state index in [1.807, 2.05) is 6.92 Å². The Morgan fingerprint density at radius 1 is 0.926 bits per heavy atom. The summed E-state index contributed by atoms with van der Waals surface area (Å²) in [5.74, 6) is -0.697. The Morgan fingerprint density at radius 3 is 2.00 bits per heavy atom. The summed E-state index contributed by atoms with van der Waals surface area (Å²) in [6.07, 6.45) is 20.4. The SMILES string of the molecule is CCCCCCCCC=CCCCCCCC(C)C(=O)NCCS(=O)(=O)O. The molecule has 1 unspecified atom stereocenters. The molecule has 0 rings (SSSR count). The van der Waals surface area contributed by atoms with E-state index >= 15 is 0 Å². The second kappa shape index (κ2) is 17.2. The Labute approximate surface area is 167 Å². The Morgan fingerprint density at radius 2 is 1.44 bits per heavy atom. The zero-order chi connectivity index (χ0) is 20.4. The number of carbonyl (C=O) groups is 1. The van der Waals surface area contributed by atoms with Gasteiger partial charge in [-0.1, -0.05) is 77.4 Å². The Bertz CT molecular complexity index is 488. The first-order valence-corrected chi connectivity index (χ1v) is 12.4. The van der Waals surface area contributed by atoms with Gasteiger partial charge in [0.15, 0.2) is 0 Å². The number of hydrogen-bond donors (Lipinski definition) is 2. The van der Waals surface area contributed by atoms with E-state index in [9.17, 15) is 13.2 Å². The fourth-order valence-electron chi connectivity index (χ4n) is 2.95. The average Bonchev–Trinajstić information content (AvgIpc) is 2.60. The van der Waals surface area contributed by atoms with Gasteiger partial charge < -0.3 is 5.32 Å². The maximum Gasteiger partial charge on any atom is 0.266 e. The average molecular weight is 404 g/mol. The Hall–Kier alpha value is -0.880. The third-order valence-corrected chi connectivity index (χ3v) is 5.48. The van der Waals surface area contributed by atoms with Crippen LogP contribution in [-0.2, 0) is 14.9 Å². The zero-order valence-electron chi connectivity index (χ0n) is 17.4. The summed E-state index contributed by atoms with van der Waals surface area (Å²) in [5.41, 5.74) is 0. The highest BCUT2D eigenvalue weighted by Gasteiger charge is 2.13. The van der Waals surface area contributed by atoms with Gasteiger partial charge in [0.05, 0.1) is 5.75 Å². The molecule has 0 aromatic rings. The van der Waals surface area contributed by atoms with E-state index in [0.717, 1.165) is 25.7 Å². The van der Waals surface area contributed by atoms with Crippen molar-refractivity contribution < 1.29 is 17.8 Å². The molecular formula is C21H41NO4S. The van der Waals surface area contributed by atoms with E-state index in [-0.39, 0.29) is 18.4 Å². The van der Waals surface area contributed by atoms with Crippen molar-refractivity contribution >= 4 is 16.0 Å². The van der Waals surface area contributed by atoms with Crippen LogP contribution in [0.1, 0.15) is 97.3 Å². The largest absolute Gasteiger partial charge is 0.355 e. The molecule has 0 spiro atoms. The van der Waals surface area contributed by atoms with E-state index in [1.54, 1.807) is 0 Å². The molecule has 0 aliphatic heterocycles. The molecule has 6 heteroatoms. The second-order valence-electron chi connectivity index (χ2n) is 7.50. The summed E-state index contributed by atoms with van der Waals surface area (Å²) >= 11 is 0. The van der Waals surface area contributed by atoms with Crippen molar-refractivity contribution in [3.63, 3.8) is 0 Å². The van der Waals surface area contributed by atoms with E-state index in [1.165, 1.54) is 57.8 Å². The van der Waals surface area contributed by atoms with Crippen molar-refractivity contribution in [2.24, 2.45) is 5.92 Å². The van der Waals surface area contributed by atoms with Crippen LogP contribution in [0.3, 0.4) is 0 Å².